The molecule has 2 atom stereocenters. The van der Waals surface area contributed by atoms with Gasteiger partial charge in [-0.05, 0) is 69.0 Å². The maximum Gasteiger partial charge on any atom is 0.119 e. The van der Waals surface area contributed by atoms with Gasteiger partial charge in [0.15, 0.2) is 0 Å². The minimum absolute atomic E-state index is 0.800. The summed E-state index contributed by atoms with van der Waals surface area (Å²) in [6, 6.07) is 9.12. The first kappa shape index (κ1) is 15.7. The average Bonchev–Trinajstić information content (AvgIpc) is 2.61. The predicted octanol–water partition coefficient (Wildman–Crippen LogP) is 4.15. The number of nitrogens with one attached hydrogen (secondary N) is 1. The van der Waals surface area contributed by atoms with Gasteiger partial charge in [-0.2, -0.15) is 0 Å². The number of hydrogen-bond donors (Lipinski definition) is 1. The van der Waals surface area contributed by atoms with Crippen molar-refractivity contribution in [2.45, 2.75) is 51.0 Å². The van der Waals surface area contributed by atoms with E-state index in [1.54, 1.807) is 7.11 Å². The molecule has 1 N–H and O–H groups in total. The van der Waals surface area contributed by atoms with Crippen molar-refractivity contribution < 1.29 is 4.74 Å². The van der Waals surface area contributed by atoms with Gasteiger partial charge in [-0.15, -0.1) is 0 Å². The molecule has 2 unspecified atom stereocenters. The molecule has 0 bridgehead atoms. The SMILES string of the molecule is COc1ccc(NCC2CCCCC2N2CCCCC2)cc1. The van der Waals surface area contributed by atoms with Crippen LogP contribution in [0.5, 0.6) is 5.75 Å². The fourth-order valence-corrected chi connectivity index (χ4v) is 4.11. The highest BCUT2D eigenvalue weighted by atomic mass is 16.5. The Morgan fingerprint density at radius 1 is 1.00 bits per heavy atom. The van der Waals surface area contributed by atoms with Crippen molar-refractivity contribution >= 4 is 5.69 Å². The van der Waals surface area contributed by atoms with Crippen LogP contribution in [-0.4, -0.2) is 37.7 Å². The number of methoxy groups -OCH3 is 1. The summed E-state index contributed by atoms with van der Waals surface area (Å²) in [5, 5.41) is 3.65. The molecule has 1 aromatic carbocycles. The molecule has 2 aliphatic rings. The standard InChI is InChI=1S/C19H30N2O/c1-22-18-11-9-17(10-12-18)20-15-16-7-3-4-8-19(16)21-13-5-2-6-14-21/h9-12,16,19-20H,2-8,13-15H2,1H3. The molecule has 2 fully saturated rings. The Balaban J connectivity index is 1.56. The molecule has 3 nitrogen and oxygen atoms in total. The average molecular weight is 302 g/mol. The summed E-state index contributed by atoms with van der Waals surface area (Å²) >= 11 is 0. The van der Waals surface area contributed by atoms with E-state index in [1.165, 1.54) is 63.7 Å². The van der Waals surface area contributed by atoms with Gasteiger partial charge in [-0.25, -0.2) is 0 Å². The molecule has 22 heavy (non-hydrogen) atoms. The molecule has 1 aliphatic carbocycles. The maximum absolute atomic E-state index is 5.23. The Bertz CT molecular complexity index is 439. The van der Waals surface area contributed by atoms with Crippen molar-refractivity contribution in [3.05, 3.63) is 24.3 Å². The Hall–Kier alpha value is -1.22. The van der Waals surface area contributed by atoms with E-state index in [0.29, 0.717) is 0 Å². The molecule has 3 rings (SSSR count). The summed E-state index contributed by atoms with van der Waals surface area (Å²) in [4.78, 5) is 2.78. The first-order valence-electron chi connectivity index (χ1n) is 8.99. The fraction of sp³-hybridized carbons (Fsp3) is 0.684. The molecule has 1 saturated heterocycles. The lowest BCUT2D eigenvalue weighted by Crippen LogP contribution is -2.46. The van der Waals surface area contributed by atoms with Gasteiger partial charge in [0.2, 0.25) is 0 Å². The van der Waals surface area contributed by atoms with Crippen LogP contribution in [0.1, 0.15) is 44.9 Å². The van der Waals surface area contributed by atoms with Gasteiger partial charge < -0.3 is 15.0 Å². The Kier molecular flexibility index (Phi) is 5.60. The zero-order chi connectivity index (χ0) is 15.2. The number of anilines is 1. The lowest BCUT2D eigenvalue weighted by Gasteiger charge is -2.42. The molecule has 122 valence electrons. The minimum atomic E-state index is 0.800. The van der Waals surface area contributed by atoms with Gasteiger partial charge in [-0.1, -0.05) is 19.3 Å². The van der Waals surface area contributed by atoms with Gasteiger partial charge in [0.25, 0.3) is 0 Å². The zero-order valence-electron chi connectivity index (χ0n) is 13.9. The van der Waals surface area contributed by atoms with Crippen LogP contribution >= 0.6 is 0 Å². The van der Waals surface area contributed by atoms with Gasteiger partial charge >= 0.3 is 0 Å². The summed E-state index contributed by atoms with van der Waals surface area (Å²) in [6.07, 6.45) is 9.82. The summed E-state index contributed by atoms with van der Waals surface area (Å²) < 4.78 is 5.23. The van der Waals surface area contributed by atoms with E-state index in [2.05, 4.69) is 22.3 Å². The van der Waals surface area contributed by atoms with Gasteiger partial charge in [0.05, 0.1) is 7.11 Å². The number of nitrogens with zero attached hydrogens (tertiary/aromatic N) is 1. The van der Waals surface area contributed by atoms with Crippen LogP contribution in [0.25, 0.3) is 0 Å². The topological polar surface area (TPSA) is 24.5 Å². The molecule has 1 aliphatic heterocycles. The van der Waals surface area contributed by atoms with E-state index in [0.717, 1.165) is 24.3 Å². The number of rotatable bonds is 5. The van der Waals surface area contributed by atoms with Crippen LogP contribution in [0.15, 0.2) is 24.3 Å². The molecule has 1 heterocycles. The summed E-state index contributed by atoms with van der Waals surface area (Å²) in [7, 11) is 1.72. The van der Waals surface area contributed by atoms with Crippen molar-refractivity contribution in [2.75, 3.05) is 32.1 Å². The molecule has 0 spiro atoms. The van der Waals surface area contributed by atoms with Crippen molar-refractivity contribution in [1.82, 2.24) is 4.90 Å². The molecule has 1 saturated carbocycles. The highest BCUT2D eigenvalue weighted by Crippen LogP contribution is 2.30. The molecular weight excluding hydrogens is 272 g/mol. The Morgan fingerprint density at radius 3 is 2.45 bits per heavy atom. The molecule has 1 aromatic rings. The third kappa shape index (κ3) is 3.95. The first-order valence-corrected chi connectivity index (χ1v) is 8.99. The largest absolute Gasteiger partial charge is 0.497 e. The zero-order valence-corrected chi connectivity index (χ0v) is 13.9. The van der Waals surface area contributed by atoms with Crippen LogP contribution in [0.4, 0.5) is 5.69 Å². The van der Waals surface area contributed by atoms with E-state index in [-0.39, 0.29) is 0 Å². The lowest BCUT2D eigenvalue weighted by molar-refractivity contribution is 0.0897. The molecule has 0 aromatic heterocycles. The van der Waals surface area contributed by atoms with Crippen LogP contribution in [-0.2, 0) is 0 Å². The predicted molar refractivity (Wildman–Crippen MR) is 92.7 cm³/mol. The second-order valence-corrected chi connectivity index (χ2v) is 6.82. The van der Waals surface area contributed by atoms with Crippen LogP contribution in [0.3, 0.4) is 0 Å². The smallest absolute Gasteiger partial charge is 0.119 e. The summed E-state index contributed by atoms with van der Waals surface area (Å²) in [6.45, 7) is 3.75. The van der Waals surface area contributed by atoms with Gasteiger partial charge in [-0.3, -0.25) is 0 Å². The van der Waals surface area contributed by atoms with Gasteiger partial charge in [0, 0.05) is 18.3 Å². The molecule has 0 amide bonds. The second kappa shape index (κ2) is 7.87. The number of piperidine rings is 1. The van der Waals surface area contributed by atoms with E-state index in [1.807, 2.05) is 12.1 Å². The fourth-order valence-electron chi connectivity index (χ4n) is 4.11. The second-order valence-electron chi connectivity index (χ2n) is 6.82. The Morgan fingerprint density at radius 2 is 1.73 bits per heavy atom. The minimum Gasteiger partial charge on any atom is -0.497 e. The van der Waals surface area contributed by atoms with E-state index in [4.69, 9.17) is 4.74 Å². The quantitative estimate of drug-likeness (QED) is 0.884. The highest BCUT2D eigenvalue weighted by Gasteiger charge is 2.30. The van der Waals surface area contributed by atoms with Crippen molar-refractivity contribution in [1.29, 1.82) is 0 Å². The lowest BCUT2D eigenvalue weighted by atomic mass is 9.82. The van der Waals surface area contributed by atoms with Crippen molar-refractivity contribution in [2.24, 2.45) is 5.92 Å². The van der Waals surface area contributed by atoms with E-state index in [9.17, 15) is 0 Å². The number of benzene rings is 1. The number of ether oxygens (including phenoxy) is 1. The van der Waals surface area contributed by atoms with Gasteiger partial charge in [0.1, 0.15) is 5.75 Å². The monoisotopic (exact) mass is 302 g/mol. The molecular formula is C19H30N2O. The maximum atomic E-state index is 5.23. The normalized spacial score (nSPS) is 26.6. The van der Waals surface area contributed by atoms with Crippen LogP contribution in [0.2, 0.25) is 0 Å². The first-order chi connectivity index (χ1) is 10.9. The third-order valence-corrected chi connectivity index (χ3v) is 5.39. The third-order valence-electron chi connectivity index (χ3n) is 5.39. The number of hydrogen-bond acceptors (Lipinski definition) is 3. The summed E-state index contributed by atoms with van der Waals surface area (Å²) in [5.41, 5.74) is 1.21. The van der Waals surface area contributed by atoms with E-state index >= 15 is 0 Å². The van der Waals surface area contributed by atoms with Crippen molar-refractivity contribution in [3.63, 3.8) is 0 Å². The molecule has 0 radical (unpaired) electrons. The number of likely N-dealkylation sites (tertiary alicyclic amines) is 1. The van der Waals surface area contributed by atoms with Crippen molar-refractivity contribution in [3.8, 4) is 5.75 Å². The van der Waals surface area contributed by atoms with E-state index < -0.39 is 0 Å². The molecule has 3 heteroatoms. The van der Waals surface area contributed by atoms with Crippen LogP contribution < -0.4 is 10.1 Å². The highest BCUT2D eigenvalue weighted by molar-refractivity contribution is 5.46. The Labute approximate surface area is 135 Å². The summed E-state index contributed by atoms with van der Waals surface area (Å²) in [5.74, 6) is 1.73. The van der Waals surface area contributed by atoms with Crippen LogP contribution in [0, 0.1) is 5.92 Å².